The maximum absolute atomic E-state index is 11.3. The van der Waals surface area contributed by atoms with Crippen LogP contribution in [0, 0.1) is 0 Å². The summed E-state index contributed by atoms with van der Waals surface area (Å²) in [5.74, 6) is -0.189. The number of carbonyl (C=O) groups excluding carboxylic acids is 1. The van der Waals surface area contributed by atoms with Gasteiger partial charge in [-0.3, -0.25) is 4.79 Å². The Bertz CT molecular complexity index is 365. The maximum Gasteiger partial charge on any atom is 0.249 e. The lowest BCUT2D eigenvalue weighted by atomic mass is 10.2. The van der Waals surface area contributed by atoms with E-state index in [-0.39, 0.29) is 6.42 Å². The number of aromatic nitrogens is 2. The van der Waals surface area contributed by atoms with Crippen LogP contribution in [0.4, 0.5) is 0 Å². The number of nitrogens with zero attached hydrogens (tertiary/aromatic N) is 2. The van der Waals surface area contributed by atoms with Gasteiger partial charge in [-0.2, -0.15) is 0 Å². The highest BCUT2D eigenvalue weighted by Crippen LogP contribution is 2.28. The molecule has 82 valence electrons. The molecule has 1 aromatic heterocycles. The van der Waals surface area contributed by atoms with Crippen molar-refractivity contribution in [3.63, 3.8) is 0 Å². The van der Waals surface area contributed by atoms with E-state index in [1.807, 2.05) is 0 Å². The van der Waals surface area contributed by atoms with E-state index in [0.29, 0.717) is 11.6 Å². The van der Waals surface area contributed by atoms with Gasteiger partial charge in [-0.15, -0.1) is 0 Å². The van der Waals surface area contributed by atoms with Gasteiger partial charge in [-0.05, 0) is 0 Å². The Kier molecular flexibility index (Phi) is 4.13. The number of hydrogen-bond acceptors (Lipinski definition) is 4. The van der Waals surface area contributed by atoms with Gasteiger partial charge < -0.3 is 4.74 Å². The molecule has 0 amide bonds. The number of halogens is 3. The van der Waals surface area contributed by atoms with Crippen molar-refractivity contribution in [3.8, 4) is 5.88 Å². The molecule has 0 aromatic carbocycles. The molecule has 0 unspecified atom stereocenters. The smallest absolute Gasteiger partial charge is 0.249 e. The minimum Gasteiger partial charge on any atom is -0.481 e. The Hall–Kier alpha value is -0.580. The number of Topliss-reactive ketones (excluding diaryl/α,β-unsaturated/α-hetero) is 1. The van der Waals surface area contributed by atoms with Crippen LogP contribution in [0.2, 0.25) is 0 Å². The molecule has 0 N–H and O–H groups in total. The second kappa shape index (κ2) is 4.96. The van der Waals surface area contributed by atoms with Gasteiger partial charge in [0.1, 0.15) is 6.33 Å². The van der Waals surface area contributed by atoms with Crippen LogP contribution in [0.3, 0.4) is 0 Å². The third-order valence-corrected chi connectivity index (χ3v) is 2.20. The average molecular weight is 270 g/mol. The van der Waals surface area contributed by atoms with E-state index in [4.69, 9.17) is 39.5 Å². The number of ether oxygens (including phenoxy) is 1. The van der Waals surface area contributed by atoms with Crippen molar-refractivity contribution in [2.45, 2.75) is 10.2 Å². The summed E-state index contributed by atoms with van der Waals surface area (Å²) in [7, 11) is 1.46. The highest BCUT2D eigenvalue weighted by Gasteiger charge is 2.30. The van der Waals surface area contributed by atoms with E-state index in [0.717, 1.165) is 0 Å². The Morgan fingerprint density at radius 3 is 2.67 bits per heavy atom. The van der Waals surface area contributed by atoms with Crippen LogP contribution in [0.1, 0.15) is 5.69 Å². The van der Waals surface area contributed by atoms with E-state index in [2.05, 4.69) is 9.97 Å². The average Bonchev–Trinajstić information content (AvgIpc) is 2.16. The molecule has 1 aromatic rings. The van der Waals surface area contributed by atoms with Crippen molar-refractivity contribution in [1.29, 1.82) is 0 Å². The molecule has 15 heavy (non-hydrogen) atoms. The molecule has 0 spiro atoms. The van der Waals surface area contributed by atoms with Gasteiger partial charge in [0.15, 0.2) is 5.78 Å². The molecule has 0 aliphatic rings. The molecule has 0 saturated carbocycles. The molecule has 0 aliphatic heterocycles. The standard InChI is InChI=1S/C8H7Cl3N2O2/c1-15-7-3-5(12-4-13-7)2-6(14)8(9,10)11/h3-4H,2H2,1H3. The van der Waals surface area contributed by atoms with Crippen molar-refractivity contribution in [2.75, 3.05) is 7.11 Å². The Balaban J connectivity index is 2.77. The Labute approximate surface area is 102 Å². The van der Waals surface area contributed by atoms with E-state index in [1.165, 1.54) is 19.5 Å². The molecule has 7 heteroatoms. The van der Waals surface area contributed by atoms with Crippen LogP contribution < -0.4 is 4.74 Å². The van der Waals surface area contributed by atoms with E-state index >= 15 is 0 Å². The lowest BCUT2D eigenvalue weighted by molar-refractivity contribution is -0.117. The molecule has 0 bridgehead atoms. The number of methoxy groups -OCH3 is 1. The van der Waals surface area contributed by atoms with Crippen LogP contribution in [0.5, 0.6) is 5.88 Å². The van der Waals surface area contributed by atoms with E-state index < -0.39 is 9.58 Å². The zero-order valence-electron chi connectivity index (χ0n) is 7.71. The predicted molar refractivity (Wildman–Crippen MR) is 57.6 cm³/mol. The summed E-state index contributed by atoms with van der Waals surface area (Å²) >= 11 is 16.2. The van der Waals surface area contributed by atoms with Gasteiger partial charge in [-0.1, -0.05) is 34.8 Å². The van der Waals surface area contributed by atoms with Crippen molar-refractivity contribution in [3.05, 3.63) is 18.1 Å². The Morgan fingerprint density at radius 2 is 2.13 bits per heavy atom. The third kappa shape index (κ3) is 3.81. The number of alkyl halides is 3. The minimum absolute atomic E-state index is 0.0740. The zero-order valence-corrected chi connectivity index (χ0v) is 9.97. The van der Waals surface area contributed by atoms with Crippen LogP contribution in [-0.2, 0) is 11.2 Å². The normalized spacial score (nSPS) is 11.2. The fraction of sp³-hybridized carbons (Fsp3) is 0.375. The quantitative estimate of drug-likeness (QED) is 0.787. The fourth-order valence-corrected chi connectivity index (χ4v) is 1.05. The van der Waals surface area contributed by atoms with Crippen LogP contribution >= 0.6 is 34.8 Å². The number of ketones is 1. The second-order valence-electron chi connectivity index (χ2n) is 2.65. The van der Waals surface area contributed by atoms with Crippen LogP contribution in [0.15, 0.2) is 12.4 Å². The minimum atomic E-state index is -1.92. The summed E-state index contributed by atoms with van der Waals surface area (Å²) in [6.07, 6.45) is 1.20. The molecule has 0 saturated heterocycles. The molecule has 0 atom stereocenters. The van der Waals surface area contributed by atoms with Gasteiger partial charge in [0, 0.05) is 6.07 Å². The first-order valence-corrected chi connectivity index (χ1v) is 5.02. The largest absolute Gasteiger partial charge is 0.481 e. The van der Waals surface area contributed by atoms with Crippen molar-refractivity contribution in [2.24, 2.45) is 0 Å². The monoisotopic (exact) mass is 268 g/mol. The predicted octanol–water partition coefficient (Wildman–Crippen LogP) is 1.97. The van der Waals surface area contributed by atoms with E-state index in [1.54, 1.807) is 0 Å². The first kappa shape index (κ1) is 12.5. The highest BCUT2D eigenvalue weighted by atomic mass is 35.6. The maximum atomic E-state index is 11.3. The van der Waals surface area contributed by atoms with Crippen molar-refractivity contribution in [1.82, 2.24) is 9.97 Å². The highest BCUT2D eigenvalue weighted by molar-refractivity contribution is 6.76. The fourth-order valence-electron chi connectivity index (χ4n) is 0.850. The summed E-state index contributed by atoms with van der Waals surface area (Å²) in [6, 6.07) is 1.51. The summed E-state index contributed by atoms with van der Waals surface area (Å²) in [4.78, 5) is 19.0. The summed E-state index contributed by atoms with van der Waals surface area (Å²) < 4.78 is 2.94. The van der Waals surface area contributed by atoms with Gasteiger partial charge in [0.05, 0.1) is 19.2 Å². The molecular formula is C8H7Cl3N2O2. The molecule has 0 fully saturated rings. The Morgan fingerprint density at radius 1 is 1.47 bits per heavy atom. The second-order valence-corrected chi connectivity index (χ2v) is 4.93. The first-order valence-electron chi connectivity index (χ1n) is 3.88. The SMILES string of the molecule is COc1cc(CC(=O)C(Cl)(Cl)Cl)ncn1. The summed E-state index contributed by atoms with van der Waals surface area (Å²) in [5.41, 5.74) is 0.443. The van der Waals surface area contributed by atoms with Gasteiger partial charge in [0.2, 0.25) is 9.67 Å². The van der Waals surface area contributed by atoms with Gasteiger partial charge >= 0.3 is 0 Å². The molecule has 1 rings (SSSR count). The molecular weight excluding hydrogens is 262 g/mol. The number of carbonyl (C=O) groups is 1. The lowest BCUT2D eigenvalue weighted by Crippen LogP contribution is -2.21. The molecule has 4 nitrogen and oxygen atoms in total. The van der Waals surface area contributed by atoms with Gasteiger partial charge in [0.25, 0.3) is 0 Å². The van der Waals surface area contributed by atoms with Crippen LogP contribution in [0.25, 0.3) is 0 Å². The summed E-state index contributed by atoms with van der Waals surface area (Å²) in [6.45, 7) is 0. The van der Waals surface area contributed by atoms with E-state index in [9.17, 15) is 4.79 Å². The van der Waals surface area contributed by atoms with Crippen molar-refractivity contribution >= 4 is 40.6 Å². The third-order valence-electron chi connectivity index (χ3n) is 1.57. The van der Waals surface area contributed by atoms with Crippen LogP contribution in [-0.4, -0.2) is 26.7 Å². The topological polar surface area (TPSA) is 52.1 Å². The molecule has 0 aliphatic carbocycles. The number of rotatable bonds is 3. The van der Waals surface area contributed by atoms with Gasteiger partial charge in [-0.25, -0.2) is 9.97 Å². The zero-order chi connectivity index (χ0) is 11.5. The van der Waals surface area contributed by atoms with Crippen molar-refractivity contribution < 1.29 is 9.53 Å². The summed E-state index contributed by atoms with van der Waals surface area (Å²) in [5, 5.41) is 0. The first-order chi connectivity index (χ1) is 6.93. The lowest BCUT2D eigenvalue weighted by Gasteiger charge is -2.08. The molecule has 1 heterocycles. The number of hydrogen-bond donors (Lipinski definition) is 0. The molecule has 0 radical (unpaired) electrons.